The molecule has 0 aromatic heterocycles. The monoisotopic (exact) mass is 300 g/mol. The van der Waals surface area contributed by atoms with Gasteiger partial charge in [0, 0.05) is 12.8 Å². The lowest BCUT2D eigenvalue weighted by Crippen LogP contribution is -2.42. The molecule has 0 fully saturated rings. The number of sulfone groups is 1. The van der Waals surface area contributed by atoms with E-state index >= 15 is 0 Å². The molecule has 0 aliphatic heterocycles. The second kappa shape index (κ2) is 6.90. The van der Waals surface area contributed by atoms with E-state index < -0.39 is 27.9 Å². The maximum atomic E-state index is 11.5. The van der Waals surface area contributed by atoms with Gasteiger partial charge in [0.2, 0.25) is 0 Å². The molecule has 0 bridgehead atoms. The first kappa shape index (κ1) is 16.0. The van der Waals surface area contributed by atoms with Crippen LogP contribution in [0.15, 0.2) is 30.3 Å². The van der Waals surface area contributed by atoms with Crippen LogP contribution in [0.3, 0.4) is 0 Å². The molecular weight excluding hydrogens is 284 g/mol. The maximum Gasteiger partial charge on any atom is 0.330 e. The van der Waals surface area contributed by atoms with E-state index in [1.165, 1.54) is 0 Å². The lowest BCUT2D eigenvalue weighted by molar-refractivity contribution is -0.139. The summed E-state index contributed by atoms with van der Waals surface area (Å²) < 4.78 is 21.8. The largest absolute Gasteiger partial charge is 0.479 e. The van der Waals surface area contributed by atoms with E-state index in [0.717, 1.165) is 6.26 Å². The highest BCUT2D eigenvalue weighted by Crippen LogP contribution is 2.12. The molecule has 2 amide bonds. The standard InChI is InChI=1S/C12H16N2O5S/c1-20(18,19)8-7-13-12(17)14-10(11(15)16)9-5-3-2-4-6-9/h2-6,10H,7-8H2,1H3,(H,15,16)(H2,13,14,17). The molecule has 110 valence electrons. The molecule has 20 heavy (non-hydrogen) atoms. The van der Waals surface area contributed by atoms with Crippen molar-refractivity contribution in [1.29, 1.82) is 0 Å². The Bertz CT molecular complexity index is 571. The highest BCUT2D eigenvalue weighted by atomic mass is 32.2. The first-order chi connectivity index (χ1) is 9.29. The fourth-order valence-electron chi connectivity index (χ4n) is 1.47. The van der Waals surface area contributed by atoms with E-state index in [0.29, 0.717) is 5.56 Å². The molecule has 7 nitrogen and oxygen atoms in total. The molecule has 1 rings (SSSR count). The number of aliphatic carboxylic acids is 1. The molecular formula is C12H16N2O5S. The first-order valence-electron chi connectivity index (χ1n) is 5.79. The molecule has 1 aromatic carbocycles. The van der Waals surface area contributed by atoms with Gasteiger partial charge in [-0.15, -0.1) is 0 Å². The van der Waals surface area contributed by atoms with Crippen LogP contribution < -0.4 is 10.6 Å². The Labute approximate surface area is 116 Å². The van der Waals surface area contributed by atoms with Gasteiger partial charge in [-0.05, 0) is 5.56 Å². The van der Waals surface area contributed by atoms with Gasteiger partial charge >= 0.3 is 12.0 Å². The van der Waals surface area contributed by atoms with Crippen LogP contribution in [0.5, 0.6) is 0 Å². The fourth-order valence-corrected chi connectivity index (χ4v) is 1.94. The number of benzene rings is 1. The van der Waals surface area contributed by atoms with Gasteiger partial charge < -0.3 is 15.7 Å². The molecule has 1 unspecified atom stereocenters. The smallest absolute Gasteiger partial charge is 0.330 e. The Morgan fingerprint density at radius 2 is 1.85 bits per heavy atom. The van der Waals surface area contributed by atoms with Gasteiger partial charge in [0.05, 0.1) is 5.75 Å². The van der Waals surface area contributed by atoms with Gasteiger partial charge in [0.15, 0.2) is 6.04 Å². The Hall–Kier alpha value is -2.09. The number of nitrogens with one attached hydrogen (secondary N) is 2. The quantitative estimate of drug-likeness (QED) is 0.692. The Morgan fingerprint density at radius 1 is 1.25 bits per heavy atom. The van der Waals surface area contributed by atoms with Gasteiger partial charge in [-0.25, -0.2) is 18.0 Å². The van der Waals surface area contributed by atoms with Gasteiger partial charge in [-0.2, -0.15) is 0 Å². The van der Waals surface area contributed by atoms with Crippen LogP contribution in [0.25, 0.3) is 0 Å². The molecule has 3 N–H and O–H groups in total. The number of carboxylic acid groups (broad SMARTS) is 1. The van der Waals surface area contributed by atoms with E-state index in [-0.39, 0.29) is 12.3 Å². The third-order valence-electron chi connectivity index (χ3n) is 2.41. The van der Waals surface area contributed by atoms with Crippen molar-refractivity contribution < 1.29 is 23.1 Å². The molecule has 0 saturated carbocycles. The van der Waals surface area contributed by atoms with Crippen LogP contribution in [0.1, 0.15) is 11.6 Å². The van der Waals surface area contributed by atoms with Crippen LogP contribution in [-0.2, 0) is 14.6 Å². The predicted octanol–water partition coefficient (Wildman–Crippen LogP) is 0.156. The van der Waals surface area contributed by atoms with E-state index in [9.17, 15) is 18.0 Å². The van der Waals surface area contributed by atoms with E-state index in [1.807, 2.05) is 0 Å². The molecule has 8 heteroatoms. The summed E-state index contributed by atoms with van der Waals surface area (Å²) in [4.78, 5) is 22.7. The van der Waals surface area contributed by atoms with Crippen molar-refractivity contribution >= 4 is 21.8 Å². The number of hydrogen-bond acceptors (Lipinski definition) is 4. The molecule has 1 aromatic rings. The zero-order valence-corrected chi connectivity index (χ0v) is 11.7. The Morgan fingerprint density at radius 3 is 2.35 bits per heavy atom. The summed E-state index contributed by atoms with van der Waals surface area (Å²) in [6.45, 7) is -0.0776. The van der Waals surface area contributed by atoms with Crippen LogP contribution in [-0.4, -0.2) is 44.1 Å². The first-order valence-corrected chi connectivity index (χ1v) is 7.85. The maximum absolute atomic E-state index is 11.5. The lowest BCUT2D eigenvalue weighted by Gasteiger charge is -2.15. The summed E-state index contributed by atoms with van der Waals surface area (Å²) in [5, 5.41) is 13.7. The summed E-state index contributed by atoms with van der Waals surface area (Å²) in [5.74, 6) is -1.40. The van der Waals surface area contributed by atoms with E-state index in [2.05, 4.69) is 10.6 Å². The van der Waals surface area contributed by atoms with Crippen molar-refractivity contribution in [2.75, 3.05) is 18.6 Å². The van der Waals surface area contributed by atoms with Crippen LogP contribution in [0.4, 0.5) is 4.79 Å². The number of hydrogen-bond donors (Lipinski definition) is 3. The summed E-state index contributed by atoms with van der Waals surface area (Å²) in [7, 11) is -3.18. The molecule has 0 radical (unpaired) electrons. The Kier molecular flexibility index (Phi) is 5.51. The number of urea groups is 1. The van der Waals surface area contributed by atoms with Crippen molar-refractivity contribution in [1.82, 2.24) is 10.6 Å². The summed E-state index contributed by atoms with van der Waals surface area (Å²) >= 11 is 0. The molecule has 0 aliphatic carbocycles. The van der Waals surface area contributed by atoms with E-state index in [4.69, 9.17) is 5.11 Å². The topological polar surface area (TPSA) is 113 Å². The van der Waals surface area contributed by atoms with Gasteiger partial charge in [-0.1, -0.05) is 30.3 Å². The summed E-state index contributed by atoms with van der Waals surface area (Å²) in [6.07, 6.45) is 1.05. The highest BCUT2D eigenvalue weighted by Gasteiger charge is 2.21. The van der Waals surface area contributed by atoms with E-state index in [1.54, 1.807) is 30.3 Å². The van der Waals surface area contributed by atoms with Crippen molar-refractivity contribution in [3.8, 4) is 0 Å². The highest BCUT2D eigenvalue weighted by molar-refractivity contribution is 7.90. The van der Waals surface area contributed by atoms with Crippen LogP contribution >= 0.6 is 0 Å². The second-order valence-corrected chi connectivity index (χ2v) is 6.47. The molecule has 0 aliphatic rings. The molecule has 0 spiro atoms. The zero-order valence-electron chi connectivity index (χ0n) is 10.9. The van der Waals surface area contributed by atoms with Gasteiger partial charge in [-0.3, -0.25) is 0 Å². The average molecular weight is 300 g/mol. The number of rotatable bonds is 6. The van der Waals surface area contributed by atoms with Crippen molar-refractivity contribution in [2.24, 2.45) is 0 Å². The van der Waals surface area contributed by atoms with Crippen molar-refractivity contribution in [2.45, 2.75) is 6.04 Å². The van der Waals surface area contributed by atoms with Gasteiger partial charge in [0.1, 0.15) is 9.84 Å². The molecule has 0 saturated heterocycles. The van der Waals surface area contributed by atoms with Crippen LogP contribution in [0.2, 0.25) is 0 Å². The van der Waals surface area contributed by atoms with Gasteiger partial charge in [0.25, 0.3) is 0 Å². The minimum atomic E-state index is -3.18. The molecule has 0 heterocycles. The third kappa shape index (κ3) is 5.70. The third-order valence-corrected chi connectivity index (χ3v) is 3.36. The normalized spacial score (nSPS) is 12.4. The second-order valence-electron chi connectivity index (χ2n) is 4.21. The molecule has 1 atom stereocenters. The number of carboxylic acids is 1. The predicted molar refractivity (Wildman–Crippen MR) is 73.1 cm³/mol. The Balaban J connectivity index is 2.59. The SMILES string of the molecule is CS(=O)(=O)CCNC(=O)NC(C(=O)O)c1ccccc1. The lowest BCUT2D eigenvalue weighted by atomic mass is 10.1. The number of amides is 2. The number of carbonyl (C=O) groups excluding carboxylic acids is 1. The summed E-state index contributed by atoms with van der Waals surface area (Å²) in [5.41, 5.74) is 0.429. The number of carbonyl (C=O) groups is 2. The minimum Gasteiger partial charge on any atom is -0.479 e. The fraction of sp³-hybridized carbons (Fsp3) is 0.333. The average Bonchev–Trinajstić information content (AvgIpc) is 2.35. The summed E-state index contributed by atoms with van der Waals surface area (Å²) in [6, 6.07) is 6.29. The van der Waals surface area contributed by atoms with Crippen molar-refractivity contribution in [3.05, 3.63) is 35.9 Å². The van der Waals surface area contributed by atoms with Crippen LogP contribution in [0, 0.1) is 0 Å². The zero-order chi connectivity index (χ0) is 15.2. The van der Waals surface area contributed by atoms with Crippen molar-refractivity contribution in [3.63, 3.8) is 0 Å². The minimum absolute atomic E-state index is 0.0776.